The van der Waals surface area contributed by atoms with E-state index in [0.29, 0.717) is 5.15 Å². The minimum Gasteiger partial charge on any atom is -0.259 e. The number of nitrogens with zero attached hydrogens (tertiary/aromatic N) is 1. The Balaban J connectivity index is 2.81. The number of hydrogen-bond acceptors (Lipinski definition) is 4. The van der Waals surface area contributed by atoms with E-state index in [1.165, 1.54) is 0 Å². The normalized spacial score (nSPS) is 11.5. The fourth-order valence-corrected chi connectivity index (χ4v) is 2.15. The number of sulfonamides is 1. The number of rotatable bonds is 2. The molecule has 0 saturated heterocycles. The molecule has 0 aliphatic carbocycles. The molecule has 0 spiro atoms. The lowest BCUT2D eigenvalue weighted by Crippen LogP contribution is -2.08. The highest BCUT2D eigenvalue weighted by Gasteiger charge is 2.04. The molecular weight excluding hydrogens is 208 g/mol. The molecule has 7 heteroatoms. The Morgan fingerprint density at radius 3 is 2.73 bits per heavy atom. The van der Waals surface area contributed by atoms with Crippen LogP contribution in [0.3, 0.4) is 0 Å². The van der Waals surface area contributed by atoms with Crippen LogP contribution in [-0.4, -0.2) is 19.7 Å². The van der Waals surface area contributed by atoms with E-state index in [2.05, 4.69) is 9.71 Å². The molecule has 0 aromatic carbocycles. The summed E-state index contributed by atoms with van der Waals surface area (Å²) in [5, 5.41) is 2.13. The molecule has 0 atom stereocenters. The second-order valence-corrected chi connectivity index (χ2v) is 4.84. The molecule has 11 heavy (non-hydrogen) atoms. The zero-order chi connectivity index (χ0) is 8.48. The number of halogens is 1. The molecule has 1 rings (SSSR count). The number of hydrogen-bond donors (Lipinski definition) is 1. The van der Waals surface area contributed by atoms with E-state index < -0.39 is 10.0 Å². The van der Waals surface area contributed by atoms with Gasteiger partial charge in [-0.2, -0.15) is 0 Å². The maximum atomic E-state index is 10.6. The molecule has 0 aliphatic rings. The van der Waals surface area contributed by atoms with Crippen LogP contribution in [0, 0.1) is 0 Å². The number of aromatic nitrogens is 1. The Morgan fingerprint density at radius 1 is 1.73 bits per heavy atom. The Kier molecular flexibility index (Phi) is 2.36. The fraction of sp³-hybridized carbons (Fsp3) is 0.250. The van der Waals surface area contributed by atoms with E-state index in [4.69, 9.17) is 11.6 Å². The lowest BCUT2D eigenvalue weighted by Gasteiger charge is -1.95. The highest BCUT2D eigenvalue weighted by atomic mass is 35.5. The maximum Gasteiger partial charge on any atom is 0.231 e. The van der Waals surface area contributed by atoms with Crippen LogP contribution < -0.4 is 4.72 Å². The standard InChI is InChI=1S/C4H5ClN2O2S2/c1-11(8,9)7-4-6-3(5)2-10-4/h2H,1H3,(H,6,7). The second kappa shape index (κ2) is 2.96. The molecule has 0 unspecified atom stereocenters. The van der Waals surface area contributed by atoms with Crippen molar-refractivity contribution in [3.63, 3.8) is 0 Å². The number of nitrogens with one attached hydrogen (secondary N) is 1. The molecule has 1 aromatic heterocycles. The van der Waals surface area contributed by atoms with Gasteiger partial charge < -0.3 is 0 Å². The van der Waals surface area contributed by atoms with Crippen molar-refractivity contribution in [1.29, 1.82) is 0 Å². The van der Waals surface area contributed by atoms with Crippen LogP contribution in [0.4, 0.5) is 5.13 Å². The van der Waals surface area contributed by atoms with Crippen molar-refractivity contribution in [2.75, 3.05) is 11.0 Å². The third kappa shape index (κ3) is 3.04. The first kappa shape index (κ1) is 8.76. The van der Waals surface area contributed by atoms with Crippen molar-refractivity contribution >= 4 is 38.1 Å². The lowest BCUT2D eigenvalue weighted by molar-refractivity contribution is 0.607. The average molecular weight is 213 g/mol. The van der Waals surface area contributed by atoms with Gasteiger partial charge in [0.1, 0.15) is 5.15 Å². The van der Waals surface area contributed by atoms with Crippen LogP contribution in [0.25, 0.3) is 0 Å². The van der Waals surface area contributed by atoms with Crippen molar-refractivity contribution in [2.24, 2.45) is 0 Å². The topological polar surface area (TPSA) is 59.1 Å². The van der Waals surface area contributed by atoms with Crippen molar-refractivity contribution in [2.45, 2.75) is 0 Å². The van der Waals surface area contributed by atoms with Crippen LogP contribution in [0.5, 0.6) is 0 Å². The average Bonchev–Trinajstić information content (AvgIpc) is 2.10. The summed E-state index contributed by atoms with van der Waals surface area (Å²) in [5.74, 6) is 0. The quantitative estimate of drug-likeness (QED) is 0.801. The molecule has 4 nitrogen and oxygen atoms in total. The molecule has 0 saturated carbocycles. The minimum atomic E-state index is -3.22. The third-order valence-electron chi connectivity index (χ3n) is 0.749. The first-order valence-corrected chi connectivity index (χ1v) is 5.71. The van der Waals surface area contributed by atoms with Crippen LogP contribution >= 0.6 is 22.9 Å². The highest BCUT2D eigenvalue weighted by Crippen LogP contribution is 2.19. The predicted octanol–water partition coefficient (Wildman–Crippen LogP) is 1.17. The van der Waals surface area contributed by atoms with Gasteiger partial charge in [0.2, 0.25) is 10.0 Å². The molecule has 62 valence electrons. The summed E-state index contributed by atoms with van der Waals surface area (Å²) < 4.78 is 23.4. The van der Waals surface area contributed by atoms with Gasteiger partial charge in [0.05, 0.1) is 6.26 Å². The van der Waals surface area contributed by atoms with Crippen LogP contribution in [-0.2, 0) is 10.0 Å². The van der Waals surface area contributed by atoms with Crippen LogP contribution in [0.2, 0.25) is 5.15 Å². The summed E-state index contributed by atoms with van der Waals surface area (Å²) in [6.07, 6.45) is 1.06. The van der Waals surface area contributed by atoms with Crippen LogP contribution in [0.15, 0.2) is 5.38 Å². The largest absolute Gasteiger partial charge is 0.259 e. The highest BCUT2D eigenvalue weighted by molar-refractivity contribution is 7.92. The van der Waals surface area contributed by atoms with Gasteiger partial charge in [-0.05, 0) is 0 Å². The summed E-state index contributed by atoms with van der Waals surface area (Å²) in [7, 11) is -3.22. The minimum absolute atomic E-state index is 0.289. The molecule has 0 radical (unpaired) electrons. The van der Waals surface area contributed by atoms with Crippen molar-refractivity contribution in [1.82, 2.24) is 4.98 Å². The Morgan fingerprint density at radius 2 is 2.36 bits per heavy atom. The fourth-order valence-electron chi connectivity index (χ4n) is 0.460. The molecule has 0 amide bonds. The van der Waals surface area contributed by atoms with Gasteiger partial charge in [0.15, 0.2) is 5.13 Å². The summed E-state index contributed by atoms with van der Waals surface area (Å²) in [5.41, 5.74) is 0. The van der Waals surface area contributed by atoms with Crippen molar-refractivity contribution in [3.05, 3.63) is 10.5 Å². The first-order valence-electron chi connectivity index (χ1n) is 2.56. The molecular formula is C4H5ClN2O2S2. The van der Waals surface area contributed by atoms with Gasteiger partial charge in [-0.3, -0.25) is 4.72 Å². The molecule has 1 N–H and O–H groups in total. The van der Waals surface area contributed by atoms with E-state index in [1.54, 1.807) is 5.38 Å². The van der Waals surface area contributed by atoms with Gasteiger partial charge in [0, 0.05) is 5.38 Å². The molecule has 1 aromatic rings. The Bertz CT molecular complexity index is 345. The Labute approximate surface area is 73.3 Å². The van der Waals surface area contributed by atoms with E-state index in [-0.39, 0.29) is 5.13 Å². The van der Waals surface area contributed by atoms with Gasteiger partial charge in [-0.25, -0.2) is 13.4 Å². The zero-order valence-electron chi connectivity index (χ0n) is 5.54. The van der Waals surface area contributed by atoms with E-state index >= 15 is 0 Å². The summed E-state index contributed by atoms with van der Waals surface area (Å²) >= 11 is 6.60. The van der Waals surface area contributed by atoms with Gasteiger partial charge in [-0.15, -0.1) is 11.3 Å². The van der Waals surface area contributed by atoms with Crippen molar-refractivity contribution in [3.8, 4) is 0 Å². The van der Waals surface area contributed by atoms with E-state index in [0.717, 1.165) is 17.6 Å². The first-order chi connectivity index (χ1) is 4.97. The van der Waals surface area contributed by atoms with Crippen LogP contribution in [0.1, 0.15) is 0 Å². The Hall–Kier alpha value is -0.330. The maximum absolute atomic E-state index is 10.6. The van der Waals surface area contributed by atoms with E-state index in [9.17, 15) is 8.42 Å². The summed E-state index contributed by atoms with van der Waals surface area (Å²) in [6.45, 7) is 0. The number of anilines is 1. The molecule has 1 heterocycles. The predicted molar refractivity (Wildman–Crippen MR) is 45.6 cm³/mol. The van der Waals surface area contributed by atoms with Gasteiger partial charge in [0.25, 0.3) is 0 Å². The molecule has 0 fully saturated rings. The smallest absolute Gasteiger partial charge is 0.231 e. The molecule has 0 bridgehead atoms. The molecule has 0 aliphatic heterocycles. The number of thiazole rings is 1. The van der Waals surface area contributed by atoms with Gasteiger partial charge >= 0.3 is 0 Å². The van der Waals surface area contributed by atoms with E-state index in [1.807, 2.05) is 0 Å². The SMILES string of the molecule is CS(=O)(=O)Nc1nc(Cl)cs1. The third-order valence-corrected chi connectivity index (χ3v) is 2.52. The zero-order valence-corrected chi connectivity index (χ0v) is 7.92. The monoisotopic (exact) mass is 212 g/mol. The lowest BCUT2D eigenvalue weighted by atomic mass is 11.0. The second-order valence-electron chi connectivity index (χ2n) is 1.85. The summed E-state index contributed by atoms with van der Waals surface area (Å²) in [6, 6.07) is 0. The summed E-state index contributed by atoms with van der Waals surface area (Å²) in [4.78, 5) is 3.69. The van der Waals surface area contributed by atoms with Gasteiger partial charge in [-0.1, -0.05) is 11.6 Å². The van der Waals surface area contributed by atoms with Crippen molar-refractivity contribution < 1.29 is 8.42 Å².